The second kappa shape index (κ2) is 7.51. The van der Waals surface area contributed by atoms with Crippen LogP contribution in [-0.4, -0.2) is 48.9 Å². The van der Waals surface area contributed by atoms with Crippen LogP contribution in [0.1, 0.15) is 0 Å². The average molecular weight is 343 g/mol. The molecule has 1 amide bonds. The van der Waals surface area contributed by atoms with Crippen LogP contribution in [0.25, 0.3) is 5.69 Å². The van der Waals surface area contributed by atoms with Gasteiger partial charge in [-0.25, -0.2) is 9.97 Å². The summed E-state index contributed by atoms with van der Waals surface area (Å²) in [5, 5.41) is 14.6. The Hall–Kier alpha value is -3.01. The number of carbonyl (C=O) groups is 1. The zero-order valence-electron chi connectivity index (χ0n) is 12.7. The third-order valence-electron chi connectivity index (χ3n) is 2.90. The topological polar surface area (TPSA) is 108 Å². The Morgan fingerprint density at radius 3 is 2.83 bits per heavy atom. The molecule has 122 valence electrons. The molecule has 0 spiro atoms. The SMILES string of the molecule is COc1ccccc1-n1nnnc1SCC(=O)Nc1ncccn1. The first-order valence-electron chi connectivity index (χ1n) is 6.89. The number of methoxy groups -OCH3 is 1. The standard InChI is InChI=1S/C14H13N7O2S/c1-23-11-6-3-2-5-10(11)21-14(18-19-20-21)24-9-12(22)17-13-15-7-4-8-16-13/h2-8H,9H2,1H3,(H,15,16,17,22). The largest absolute Gasteiger partial charge is 0.494 e. The number of aromatic nitrogens is 6. The van der Waals surface area contributed by atoms with Gasteiger partial charge in [-0.2, -0.15) is 4.68 Å². The molecule has 3 aromatic rings. The van der Waals surface area contributed by atoms with Crippen molar-refractivity contribution < 1.29 is 9.53 Å². The molecule has 3 rings (SSSR count). The van der Waals surface area contributed by atoms with Crippen LogP contribution in [0.2, 0.25) is 0 Å². The molecule has 0 radical (unpaired) electrons. The normalized spacial score (nSPS) is 10.4. The summed E-state index contributed by atoms with van der Waals surface area (Å²) in [5.41, 5.74) is 0.694. The van der Waals surface area contributed by atoms with Crippen LogP contribution in [0.15, 0.2) is 47.9 Å². The van der Waals surface area contributed by atoms with E-state index < -0.39 is 0 Å². The van der Waals surface area contributed by atoms with E-state index >= 15 is 0 Å². The molecule has 10 heteroatoms. The first kappa shape index (κ1) is 15.9. The van der Waals surface area contributed by atoms with Crippen molar-refractivity contribution in [3.63, 3.8) is 0 Å². The van der Waals surface area contributed by atoms with Crippen LogP contribution in [0.3, 0.4) is 0 Å². The van der Waals surface area contributed by atoms with Gasteiger partial charge in [0, 0.05) is 12.4 Å². The van der Waals surface area contributed by atoms with Crippen LogP contribution >= 0.6 is 11.8 Å². The van der Waals surface area contributed by atoms with Gasteiger partial charge >= 0.3 is 0 Å². The van der Waals surface area contributed by atoms with Crippen LogP contribution in [0.4, 0.5) is 5.95 Å². The number of amides is 1. The molecule has 1 N–H and O–H groups in total. The highest BCUT2D eigenvalue weighted by Gasteiger charge is 2.14. The van der Waals surface area contributed by atoms with Crippen LogP contribution < -0.4 is 10.1 Å². The molecule has 0 aliphatic carbocycles. The molecule has 0 saturated heterocycles. The lowest BCUT2D eigenvalue weighted by atomic mass is 10.3. The maximum absolute atomic E-state index is 12.0. The zero-order chi connectivity index (χ0) is 16.8. The van der Waals surface area contributed by atoms with Gasteiger partial charge in [0.25, 0.3) is 0 Å². The van der Waals surface area contributed by atoms with Crippen molar-refractivity contribution in [2.24, 2.45) is 0 Å². The van der Waals surface area contributed by atoms with E-state index in [1.165, 1.54) is 16.4 Å². The number of nitrogens with one attached hydrogen (secondary N) is 1. The Labute approximate surface area is 141 Å². The van der Waals surface area contributed by atoms with Crippen molar-refractivity contribution in [2.75, 3.05) is 18.2 Å². The molecule has 1 aromatic carbocycles. The molecule has 0 unspecified atom stereocenters. The number of para-hydroxylation sites is 2. The fourth-order valence-corrected chi connectivity index (χ4v) is 2.56. The summed E-state index contributed by atoms with van der Waals surface area (Å²) in [4.78, 5) is 19.8. The molecular formula is C14H13N7O2S. The molecule has 24 heavy (non-hydrogen) atoms. The van der Waals surface area contributed by atoms with Crippen molar-refractivity contribution in [1.29, 1.82) is 0 Å². The summed E-state index contributed by atoms with van der Waals surface area (Å²) in [5.74, 6) is 0.760. The highest BCUT2D eigenvalue weighted by molar-refractivity contribution is 7.99. The van der Waals surface area contributed by atoms with E-state index in [1.807, 2.05) is 24.3 Å². The first-order chi connectivity index (χ1) is 11.8. The van der Waals surface area contributed by atoms with Gasteiger partial charge < -0.3 is 4.74 Å². The molecule has 0 atom stereocenters. The Morgan fingerprint density at radius 1 is 1.25 bits per heavy atom. The summed E-state index contributed by atoms with van der Waals surface area (Å²) < 4.78 is 6.83. The Balaban J connectivity index is 1.69. The molecular weight excluding hydrogens is 330 g/mol. The van der Waals surface area contributed by atoms with Gasteiger partial charge in [-0.05, 0) is 28.6 Å². The van der Waals surface area contributed by atoms with E-state index in [0.717, 1.165) is 0 Å². The number of carbonyl (C=O) groups excluding carboxylic acids is 1. The number of anilines is 1. The summed E-state index contributed by atoms with van der Waals surface area (Å²) in [6.07, 6.45) is 3.11. The minimum atomic E-state index is -0.249. The number of nitrogens with zero attached hydrogens (tertiary/aromatic N) is 6. The number of benzene rings is 1. The first-order valence-corrected chi connectivity index (χ1v) is 7.88. The molecule has 9 nitrogen and oxygen atoms in total. The van der Waals surface area contributed by atoms with Gasteiger partial charge in [0.2, 0.25) is 17.0 Å². The summed E-state index contributed by atoms with van der Waals surface area (Å²) in [6.45, 7) is 0. The highest BCUT2D eigenvalue weighted by Crippen LogP contribution is 2.25. The lowest BCUT2D eigenvalue weighted by Gasteiger charge is -2.08. The molecule has 0 bridgehead atoms. The van der Waals surface area contributed by atoms with Gasteiger partial charge in [0.15, 0.2) is 0 Å². The minimum absolute atomic E-state index is 0.119. The number of thioether (sulfide) groups is 1. The summed E-state index contributed by atoms with van der Waals surface area (Å²) in [6, 6.07) is 9.02. The maximum atomic E-state index is 12.0. The van der Waals surface area contributed by atoms with Gasteiger partial charge in [-0.3, -0.25) is 10.1 Å². The van der Waals surface area contributed by atoms with Crippen LogP contribution in [0.5, 0.6) is 5.75 Å². The molecule has 0 aliphatic rings. The molecule has 0 aliphatic heterocycles. The van der Waals surface area contributed by atoms with Crippen molar-refractivity contribution in [2.45, 2.75) is 5.16 Å². The fraction of sp³-hybridized carbons (Fsp3) is 0.143. The van der Waals surface area contributed by atoms with Gasteiger partial charge in [0.1, 0.15) is 11.4 Å². The summed E-state index contributed by atoms with van der Waals surface area (Å²) >= 11 is 1.20. The van der Waals surface area contributed by atoms with E-state index in [9.17, 15) is 4.79 Å². The smallest absolute Gasteiger partial charge is 0.237 e. The van der Waals surface area contributed by atoms with E-state index in [4.69, 9.17) is 4.74 Å². The molecule has 0 fully saturated rings. The van der Waals surface area contributed by atoms with Gasteiger partial charge in [-0.1, -0.05) is 23.9 Å². The average Bonchev–Trinajstić information content (AvgIpc) is 3.09. The Kier molecular flexibility index (Phi) is 4.96. The lowest BCUT2D eigenvalue weighted by Crippen LogP contribution is -2.16. The maximum Gasteiger partial charge on any atom is 0.237 e. The van der Waals surface area contributed by atoms with E-state index in [0.29, 0.717) is 16.6 Å². The number of hydrogen-bond acceptors (Lipinski definition) is 8. The van der Waals surface area contributed by atoms with E-state index in [-0.39, 0.29) is 17.6 Å². The van der Waals surface area contributed by atoms with Gasteiger partial charge in [0.05, 0.1) is 12.9 Å². The monoisotopic (exact) mass is 343 g/mol. The molecule has 2 aromatic heterocycles. The number of hydrogen-bond donors (Lipinski definition) is 1. The zero-order valence-corrected chi connectivity index (χ0v) is 13.5. The lowest BCUT2D eigenvalue weighted by molar-refractivity contribution is -0.113. The number of rotatable bonds is 6. The van der Waals surface area contributed by atoms with Crippen molar-refractivity contribution >= 4 is 23.6 Å². The van der Waals surface area contributed by atoms with Crippen molar-refractivity contribution in [3.8, 4) is 11.4 Å². The summed E-state index contributed by atoms with van der Waals surface area (Å²) in [7, 11) is 1.57. The van der Waals surface area contributed by atoms with Crippen LogP contribution in [-0.2, 0) is 4.79 Å². The second-order valence-corrected chi connectivity index (χ2v) is 5.40. The third-order valence-corrected chi connectivity index (χ3v) is 3.82. The quantitative estimate of drug-likeness (QED) is 0.665. The Bertz CT molecular complexity index is 825. The predicted octanol–water partition coefficient (Wildman–Crippen LogP) is 1.19. The van der Waals surface area contributed by atoms with Crippen molar-refractivity contribution in [3.05, 3.63) is 42.7 Å². The molecule has 0 saturated carbocycles. The third kappa shape index (κ3) is 3.66. The number of tetrazole rings is 1. The van der Waals surface area contributed by atoms with E-state index in [2.05, 4.69) is 30.8 Å². The fourth-order valence-electron chi connectivity index (χ4n) is 1.88. The van der Waals surface area contributed by atoms with E-state index in [1.54, 1.807) is 25.6 Å². The van der Waals surface area contributed by atoms with Gasteiger partial charge in [-0.15, -0.1) is 5.10 Å². The van der Waals surface area contributed by atoms with Crippen LogP contribution in [0, 0.1) is 0 Å². The Morgan fingerprint density at radius 2 is 2.04 bits per heavy atom. The number of ether oxygens (including phenoxy) is 1. The predicted molar refractivity (Wildman–Crippen MR) is 87.1 cm³/mol. The highest BCUT2D eigenvalue weighted by atomic mass is 32.2. The second-order valence-electron chi connectivity index (χ2n) is 4.45. The van der Waals surface area contributed by atoms with Crippen molar-refractivity contribution in [1.82, 2.24) is 30.2 Å². The minimum Gasteiger partial charge on any atom is -0.494 e. The molecule has 2 heterocycles.